The Hall–Kier alpha value is -3.72. The SMILES string of the molecule is O=C(O)c1ccccc1Nc1ncc(F)c(Nc2ccc(N3CCNCC3)cc2)n1. The number of aromatic nitrogens is 2. The number of carbonyl (C=O) groups is 1. The molecule has 4 rings (SSSR count). The number of nitrogens with zero attached hydrogens (tertiary/aromatic N) is 3. The molecule has 1 aromatic heterocycles. The first kappa shape index (κ1) is 19.6. The lowest BCUT2D eigenvalue weighted by atomic mass is 10.2. The van der Waals surface area contributed by atoms with Crippen LogP contribution in [0.5, 0.6) is 0 Å². The summed E-state index contributed by atoms with van der Waals surface area (Å²) < 4.78 is 14.2. The highest BCUT2D eigenvalue weighted by molar-refractivity contribution is 5.94. The molecule has 0 radical (unpaired) electrons. The smallest absolute Gasteiger partial charge is 0.337 e. The van der Waals surface area contributed by atoms with Crippen molar-refractivity contribution in [3.8, 4) is 0 Å². The molecule has 8 nitrogen and oxygen atoms in total. The number of halogens is 1. The Balaban J connectivity index is 1.50. The summed E-state index contributed by atoms with van der Waals surface area (Å²) in [7, 11) is 0. The molecule has 3 aromatic rings. The normalized spacial score (nSPS) is 13.7. The van der Waals surface area contributed by atoms with Crippen LogP contribution < -0.4 is 20.9 Å². The van der Waals surface area contributed by atoms with Crippen LogP contribution in [0, 0.1) is 5.82 Å². The zero-order chi connectivity index (χ0) is 20.9. The molecule has 1 aliphatic heterocycles. The Labute approximate surface area is 172 Å². The van der Waals surface area contributed by atoms with Crippen LogP contribution in [0.4, 0.5) is 33.2 Å². The second kappa shape index (κ2) is 8.75. The maximum atomic E-state index is 14.2. The van der Waals surface area contributed by atoms with Crippen LogP contribution in [0.2, 0.25) is 0 Å². The first-order chi connectivity index (χ1) is 14.6. The average molecular weight is 408 g/mol. The van der Waals surface area contributed by atoms with Crippen LogP contribution in [-0.4, -0.2) is 47.2 Å². The lowest BCUT2D eigenvalue weighted by molar-refractivity contribution is 0.0698. The predicted octanol–water partition coefficient (Wildman–Crippen LogP) is 3.21. The van der Waals surface area contributed by atoms with E-state index in [0.29, 0.717) is 11.4 Å². The molecule has 2 aromatic carbocycles. The minimum absolute atomic E-state index is 0.00442. The standard InChI is InChI=1S/C21H21FN6O2/c22-17-13-24-21(26-18-4-2-1-3-16(18)20(29)30)27-19(17)25-14-5-7-15(8-6-14)28-11-9-23-10-12-28/h1-8,13,23H,9-12H2,(H,29,30)(H2,24,25,26,27). The van der Waals surface area contributed by atoms with Gasteiger partial charge in [-0.3, -0.25) is 0 Å². The first-order valence-electron chi connectivity index (χ1n) is 9.55. The third-order valence-corrected chi connectivity index (χ3v) is 4.76. The fraction of sp³-hybridized carbons (Fsp3) is 0.190. The Morgan fingerprint density at radius 2 is 1.80 bits per heavy atom. The van der Waals surface area contributed by atoms with E-state index >= 15 is 0 Å². The molecule has 0 unspecified atom stereocenters. The van der Waals surface area contributed by atoms with Crippen molar-refractivity contribution in [3.05, 3.63) is 66.1 Å². The third-order valence-electron chi connectivity index (χ3n) is 4.76. The molecule has 0 atom stereocenters. The van der Waals surface area contributed by atoms with Gasteiger partial charge >= 0.3 is 5.97 Å². The summed E-state index contributed by atoms with van der Waals surface area (Å²) in [6.07, 6.45) is 1.04. The van der Waals surface area contributed by atoms with Gasteiger partial charge in [-0.15, -0.1) is 0 Å². The lowest BCUT2D eigenvalue weighted by Crippen LogP contribution is -2.43. The second-order valence-corrected chi connectivity index (χ2v) is 6.77. The van der Waals surface area contributed by atoms with Gasteiger partial charge in [0.25, 0.3) is 0 Å². The predicted molar refractivity (Wildman–Crippen MR) is 113 cm³/mol. The van der Waals surface area contributed by atoms with Gasteiger partial charge in [0.15, 0.2) is 11.6 Å². The number of para-hydroxylation sites is 1. The number of rotatable bonds is 6. The molecule has 0 aliphatic carbocycles. The molecule has 1 fully saturated rings. The van der Waals surface area contributed by atoms with Gasteiger partial charge in [-0.2, -0.15) is 4.98 Å². The van der Waals surface area contributed by atoms with Crippen molar-refractivity contribution in [2.75, 3.05) is 41.7 Å². The number of carboxylic acid groups (broad SMARTS) is 1. The molecule has 154 valence electrons. The van der Waals surface area contributed by atoms with Crippen molar-refractivity contribution < 1.29 is 14.3 Å². The van der Waals surface area contributed by atoms with E-state index in [0.717, 1.165) is 38.1 Å². The van der Waals surface area contributed by atoms with Gasteiger partial charge in [0, 0.05) is 37.6 Å². The highest BCUT2D eigenvalue weighted by Crippen LogP contribution is 2.24. The van der Waals surface area contributed by atoms with Crippen LogP contribution in [0.3, 0.4) is 0 Å². The minimum atomic E-state index is -1.08. The highest BCUT2D eigenvalue weighted by Gasteiger charge is 2.13. The summed E-state index contributed by atoms with van der Waals surface area (Å²) in [6, 6.07) is 14.1. The summed E-state index contributed by atoms with van der Waals surface area (Å²) in [6.45, 7) is 3.79. The molecule has 2 heterocycles. The molecule has 0 saturated carbocycles. The van der Waals surface area contributed by atoms with E-state index in [1.54, 1.807) is 18.2 Å². The van der Waals surface area contributed by atoms with Gasteiger partial charge in [0.1, 0.15) is 0 Å². The Morgan fingerprint density at radius 1 is 1.07 bits per heavy atom. The molecule has 0 amide bonds. The first-order valence-corrected chi connectivity index (χ1v) is 9.55. The van der Waals surface area contributed by atoms with Crippen LogP contribution in [0.1, 0.15) is 10.4 Å². The number of anilines is 5. The van der Waals surface area contributed by atoms with Crippen LogP contribution in [-0.2, 0) is 0 Å². The number of piperazine rings is 1. The fourth-order valence-corrected chi connectivity index (χ4v) is 3.23. The number of aromatic carboxylic acids is 1. The van der Waals surface area contributed by atoms with E-state index in [1.165, 1.54) is 6.07 Å². The zero-order valence-electron chi connectivity index (χ0n) is 16.1. The quantitative estimate of drug-likeness (QED) is 0.493. The number of hydrogen-bond donors (Lipinski definition) is 4. The van der Waals surface area contributed by atoms with Gasteiger partial charge in [-0.1, -0.05) is 12.1 Å². The Bertz CT molecular complexity index is 1040. The molecular weight excluding hydrogens is 387 g/mol. The molecule has 1 aliphatic rings. The third kappa shape index (κ3) is 4.47. The van der Waals surface area contributed by atoms with Crippen LogP contribution >= 0.6 is 0 Å². The lowest BCUT2D eigenvalue weighted by Gasteiger charge is -2.29. The summed E-state index contributed by atoms with van der Waals surface area (Å²) in [5.41, 5.74) is 2.19. The number of benzene rings is 2. The van der Waals surface area contributed by atoms with E-state index in [2.05, 4.69) is 30.8 Å². The second-order valence-electron chi connectivity index (χ2n) is 6.77. The Morgan fingerprint density at radius 3 is 2.53 bits per heavy atom. The van der Waals surface area contributed by atoms with Crippen molar-refractivity contribution >= 4 is 34.8 Å². The number of hydrogen-bond acceptors (Lipinski definition) is 7. The molecule has 4 N–H and O–H groups in total. The van der Waals surface area contributed by atoms with Crippen molar-refractivity contribution in [2.45, 2.75) is 0 Å². The maximum absolute atomic E-state index is 14.2. The largest absolute Gasteiger partial charge is 0.478 e. The van der Waals surface area contributed by atoms with E-state index in [-0.39, 0.29) is 17.3 Å². The molecule has 9 heteroatoms. The van der Waals surface area contributed by atoms with Gasteiger partial charge in [-0.25, -0.2) is 14.2 Å². The number of nitrogens with one attached hydrogen (secondary N) is 3. The Kier molecular flexibility index (Phi) is 5.71. The van der Waals surface area contributed by atoms with Gasteiger partial charge in [0.2, 0.25) is 5.95 Å². The zero-order valence-corrected chi connectivity index (χ0v) is 16.1. The van der Waals surface area contributed by atoms with Crippen molar-refractivity contribution in [3.63, 3.8) is 0 Å². The van der Waals surface area contributed by atoms with Crippen LogP contribution in [0.25, 0.3) is 0 Å². The summed E-state index contributed by atoms with van der Waals surface area (Å²) in [5.74, 6) is -1.61. The van der Waals surface area contributed by atoms with Crippen LogP contribution in [0.15, 0.2) is 54.7 Å². The summed E-state index contributed by atoms with van der Waals surface area (Å²) in [4.78, 5) is 21.7. The topological polar surface area (TPSA) is 102 Å². The van der Waals surface area contributed by atoms with E-state index < -0.39 is 11.8 Å². The van der Waals surface area contributed by atoms with Crippen molar-refractivity contribution in [1.82, 2.24) is 15.3 Å². The van der Waals surface area contributed by atoms with Crippen molar-refractivity contribution in [2.24, 2.45) is 0 Å². The van der Waals surface area contributed by atoms with Gasteiger partial charge in [0.05, 0.1) is 17.4 Å². The monoisotopic (exact) mass is 408 g/mol. The minimum Gasteiger partial charge on any atom is -0.478 e. The fourth-order valence-electron chi connectivity index (χ4n) is 3.23. The molecule has 1 saturated heterocycles. The number of carboxylic acids is 1. The van der Waals surface area contributed by atoms with E-state index in [4.69, 9.17) is 0 Å². The summed E-state index contributed by atoms with van der Waals surface area (Å²) in [5, 5.41) is 18.4. The van der Waals surface area contributed by atoms with Gasteiger partial charge in [-0.05, 0) is 36.4 Å². The van der Waals surface area contributed by atoms with E-state index in [9.17, 15) is 14.3 Å². The van der Waals surface area contributed by atoms with Crippen molar-refractivity contribution in [1.29, 1.82) is 0 Å². The molecule has 0 bridgehead atoms. The average Bonchev–Trinajstić information content (AvgIpc) is 2.77. The molecule has 30 heavy (non-hydrogen) atoms. The highest BCUT2D eigenvalue weighted by atomic mass is 19.1. The van der Waals surface area contributed by atoms with Gasteiger partial charge < -0.3 is 26.0 Å². The maximum Gasteiger partial charge on any atom is 0.337 e. The summed E-state index contributed by atoms with van der Waals surface area (Å²) >= 11 is 0. The molecular formula is C21H21FN6O2. The molecule has 0 spiro atoms. The van der Waals surface area contributed by atoms with E-state index in [1.807, 2.05) is 24.3 Å².